The summed E-state index contributed by atoms with van der Waals surface area (Å²) in [5.74, 6) is 0.325. The van der Waals surface area contributed by atoms with E-state index in [2.05, 4.69) is 24.5 Å². The van der Waals surface area contributed by atoms with Crippen LogP contribution < -0.4 is 10.6 Å². The van der Waals surface area contributed by atoms with E-state index in [0.29, 0.717) is 12.5 Å². The van der Waals surface area contributed by atoms with Crippen LogP contribution >= 0.6 is 0 Å². The summed E-state index contributed by atoms with van der Waals surface area (Å²) in [5, 5.41) is 5.88. The Kier molecular flexibility index (Phi) is 6.36. The molecule has 0 fully saturated rings. The normalized spacial score (nSPS) is 13.9. The lowest BCUT2D eigenvalue weighted by Gasteiger charge is -2.24. The molecule has 4 nitrogen and oxygen atoms in total. The number of benzene rings is 1. The maximum absolute atomic E-state index is 11.9. The maximum Gasteiger partial charge on any atom is 0.315 e. The molecule has 0 aromatic heterocycles. The molecule has 0 aliphatic carbocycles. The molecule has 1 rings (SSSR count). The molecule has 1 aromatic rings. The van der Waals surface area contributed by atoms with E-state index in [1.54, 1.807) is 7.11 Å². The van der Waals surface area contributed by atoms with E-state index in [9.17, 15) is 4.79 Å². The lowest BCUT2D eigenvalue weighted by Crippen LogP contribution is -2.45. The third-order valence-electron chi connectivity index (χ3n) is 2.91. The highest BCUT2D eigenvalue weighted by Gasteiger charge is 2.18. The minimum atomic E-state index is -0.160. The minimum Gasteiger partial charge on any atom is -0.383 e. The number of nitrogens with one attached hydrogen (secondary N) is 2. The fourth-order valence-electron chi connectivity index (χ4n) is 1.99. The van der Waals surface area contributed by atoms with Gasteiger partial charge in [-0.15, -0.1) is 0 Å². The fourth-order valence-corrected chi connectivity index (χ4v) is 1.99. The van der Waals surface area contributed by atoms with Crippen LogP contribution in [0.15, 0.2) is 30.3 Å². The van der Waals surface area contributed by atoms with Crippen molar-refractivity contribution in [2.45, 2.75) is 32.9 Å². The minimum absolute atomic E-state index is 0.00594. The maximum atomic E-state index is 11.9. The fraction of sp³-hybridized carbons (Fsp3) is 0.533. The van der Waals surface area contributed by atoms with E-state index >= 15 is 0 Å². The molecule has 0 saturated heterocycles. The number of methoxy groups -OCH3 is 1. The van der Waals surface area contributed by atoms with Gasteiger partial charge in [-0.1, -0.05) is 44.2 Å². The first kappa shape index (κ1) is 15.5. The van der Waals surface area contributed by atoms with Crippen LogP contribution in [0.5, 0.6) is 0 Å². The number of hydrogen-bond donors (Lipinski definition) is 2. The SMILES string of the molecule is COCC(C)NC(=O)NC(c1ccccc1)C(C)C. The van der Waals surface area contributed by atoms with Gasteiger partial charge in [-0.2, -0.15) is 0 Å². The summed E-state index contributed by atoms with van der Waals surface area (Å²) in [6.07, 6.45) is 0. The number of carbonyl (C=O) groups is 1. The zero-order chi connectivity index (χ0) is 14.3. The van der Waals surface area contributed by atoms with Gasteiger partial charge in [-0.25, -0.2) is 4.79 Å². The molecule has 2 N–H and O–H groups in total. The summed E-state index contributed by atoms with van der Waals surface area (Å²) < 4.78 is 5.00. The van der Waals surface area contributed by atoms with Gasteiger partial charge in [0.15, 0.2) is 0 Å². The van der Waals surface area contributed by atoms with E-state index in [4.69, 9.17) is 4.74 Å². The largest absolute Gasteiger partial charge is 0.383 e. The van der Waals surface area contributed by atoms with Crippen molar-refractivity contribution in [1.82, 2.24) is 10.6 Å². The second-order valence-electron chi connectivity index (χ2n) is 5.11. The Labute approximate surface area is 115 Å². The van der Waals surface area contributed by atoms with Gasteiger partial charge in [-0.3, -0.25) is 0 Å². The zero-order valence-electron chi connectivity index (χ0n) is 12.1. The van der Waals surface area contributed by atoms with Crippen LogP contribution in [0.3, 0.4) is 0 Å². The first-order chi connectivity index (χ1) is 9.04. The molecule has 2 unspecified atom stereocenters. The Hall–Kier alpha value is -1.55. The smallest absolute Gasteiger partial charge is 0.315 e. The second kappa shape index (κ2) is 7.79. The van der Waals surface area contributed by atoms with E-state index in [1.165, 1.54) is 0 Å². The summed E-state index contributed by atoms with van der Waals surface area (Å²) in [4.78, 5) is 11.9. The van der Waals surface area contributed by atoms with Crippen molar-refractivity contribution < 1.29 is 9.53 Å². The van der Waals surface area contributed by atoms with Gasteiger partial charge < -0.3 is 15.4 Å². The summed E-state index contributed by atoms with van der Waals surface area (Å²) in [6.45, 7) is 6.61. The molecule has 4 heteroatoms. The molecular weight excluding hydrogens is 240 g/mol. The van der Waals surface area contributed by atoms with Crippen molar-refractivity contribution in [3.05, 3.63) is 35.9 Å². The topological polar surface area (TPSA) is 50.4 Å². The van der Waals surface area contributed by atoms with Crippen LogP contribution in [-0.2, 0) is 4.74 Å². The Balaban J connectivity index is 2.62. The van der Waals surface area contributed by atoms with Crippen molar-refractivity contribution in [1.29, 1.82) is 0 Å². The van der Waals surface area contributed by atoms with E-state index in [0.717, 1.165) is 5.56 Å². The van der Waals surface area contributed by atoms with Gasteiger partial charge in [-0.05, 0) is 18.4 Å². The van der Waals surface area contributed by atoms with Gasteiger partial charge in [0.25, 0.3) is 0 Å². The van der Waals surface area contributed by atoms with E-state index < -0.39 is 0 Å². The molecule has 0 bridgehead atoms. The molecule has 0 radical (unpaired) electrons. The average Bonchev–Trinajstić information content (AvgIpc) is 2.37. The molecule has 2 amide bonds. The summed E-state index contributed by atoms with van der Waals surface area (Å²) >= 11 is 0. The van der Waals surface area contributed by atoms with Crippen molar-refractivity contribution in [3.8, 4) is 0 Å². The highest BCUT2D eigenvalue weighted by atomic mass is 16.5. The predicted molar refractivity (Wildman–Crippen MR) is 77.0 cm³/mol. The van der Waals surface area contributed by atoms with Gasteiger partial charge >= 0.3 is 6.03 Å². The molecule has 1 aromatic carbocycles. The third kappa shape index (κ3) is 5.30. The second-order valence-corrected chi connectivity index (χ2v) is 5.11. The number of ether oxygens (including phenoxy) is 1. The average molecular weight is 264 g/mol. The van der Waals surface area contributed by atoms with E-state index in [-0.39, 0.29) is 18.1 Å². The Morgan fingerprint density at radius 2 is 1.79 bits per heavy atom. The van der Waals surface area contributed by atoms with Crippen molar-refractivity contribution >= 4 is 6.03 Å². The molecule has 0 spiro atoms. The Bertz CT molecular complexity index is 379. The van der Waals surface area contributed by atoms with Gasteiger partial charge in [0.1, 0.15) is 0 Å². The molecule has 106 valence electrons. The highest BCUT2D eigenvalue weighted by Crippen LogP contribution is 2.20. The summed E-state index contributed by atoms with van der Waals surface area (Å²) in [7, 11) is 1.62. The van der Waals surface area contributed by atoms with Crippen LogP contribution in [0.25, 0.3) is 0 Å². The first-order valence-electron chi connectivity index (χ1n) is 6.65. The van der Waals surface area contributed by atoms with Crippen LogP contribution in [-0.4, -0.2) is 25.8 Å². The highest BCUT2D eigenvalue weighted by molar-refractivity contribution is 5.74. The Morgan fingerprint density at radius 3 is 2.32 bits per heavy atom. The van der Waals surface area contributed by atoms with E-state index in [1.807, 2.05) is 37.3 Å². The number of carbonyl (C=O) groups excluding carboxylic acids is 1. The van der Waals surface area contributed by atoms with Crippen LogP contribution in [0.2, 0.25) is 0 Å². The van der Waals surface area contributed by atoms with Crippen LogP contribution in [0.1, 0.15) is 32.4 Å². The number of rotatable bonds is 6. The summed E-state index contributed by atoms with van der Waals surface area (Å²) in [5.41, 5.74) is 1.12. The number of amides is 2. The van der Waals surface area contributed by atoms with Crippen LogP contribution in [0.4, 0.5) is 4.79 Å². The lowest BCUT2D eigenvalue weighted by molar-refractivity contribution is 0.169. The molecule has 19 heavy (non-hydrogen) atoms. The molecule has 0 saturated carbocycles. The molecule has 0 aliphatic rings. The van der Waals surface area contributed by atoms with Crippen LogP contribution in [0, 0.1) is 5.92 Å². The number of urea groups is 1. The van der Waals surface area contributed by atoms with Gasteiger partial charge in [0, 0.05) is 7.11 Å². The quantitative estimate of drug-likeness (QED) is 0.830. The first-order valence-corrected chi connectivity index (χ1v) is 6.65. The molecule has 2 atom stereocenters. The van der Waals surface area contributed by atoms with Gasteiger partial charge in [0.2, 0.25) is 0 Å². The monoisotopic (exact) mass is 264 g/mol. The zero-order valence-corrected chi connectivity index (χ0v) is 12.1. The van der Waals surface area contributed by atoms with Crippen molar-refractivity contribution in [2.24, 2.45) is 5.92 Å². The molecule has 0 aliphatic heterocycles. The number of hydrogen-bond acceptors (Lipinski definition) is 2. The lowest BCUT2D eigenvalue weighted by atomic mass is 9.96. The molecular formula is C15H24N2O2. The van der Waals surface area contributed by atoms with Gasteiger partial charge in [0.05, 0.1) is 18.7 Å². The third-order valence-corrected chi connectivity index (χ3v) is 2.91. The Morgan fingerprint density at radius 1 is 1.16 bits per heavy atom. The van der Waals surface area contributed by atoms with Crippen molar-refractivity contribution in [2.75, 3.05) is 13.7 Å². The predicted octanol–water partition coefficient (Wildman–Crippen LogP) is 2.72. The molecule has 0 heterocycles. The van der Waals surface area contributed by atoms with Crippen molar-refractivity contribution in [3.63, 3.8) is 0 Å². The summed E-state index contributed by atoms with van der Waals surface area (Å²) in [6, 6.07) is 9.85. The standard InChI is InChI=1S/C15H24N2O2/c1-11(2)14(13-8-6-5-7-9-13)17-15(18)16-12(3)10-19-4/h5-9,11-12,14H,10H2,1-4H3,(H2,16,17,18).